The third kappa shape index (κ3) is 3.18. The summed E-state index contributed by atoms with van der Waals surface area (Å²) in [6.07, 6.45) is 0. The summed E-state index contributed by atoms with van der Waals surface area (Å²) in [5.41, 5.74) is 0.409. The lowest BCUT2D eigenvalue weighted by molar-refractivity contribution is -0.625. The van der Waals surface area contributed by atoms with Gasteiger partial charge in [-0.15, -0.1) is 0 Å². The number of nitrogens with zero attached hydrogens (tertiary/aromatic N) is 2. The lowest BCUT2D eigenvalue weighted by atomic mass is 10.2. The number of benzene rings is 1. The van der Waals surface area contributed by atoms with Crippen LogP contribution < -0.4 is 0 Å². The zero-order valence-corrected chi connectivity index (χ0v) is 8.29. The van der Waals surface area contributed by atoms with Crippen LogP contribution in [0.25, 0.3) is 0 Å². The fourth-order valence-electron chi connectivity index (χ4n) is 0.963. The van der Waals surface area contributed by atoms with Gasteiger partial charge >= 0.3 is 10.3 Å². The average molecular weight is 232 g/mol. The van der Waals surface area contributed by atoms with E-state index < -0.39 is 21.9 Å². The van der Waals surface area contributed by atoms with Crippen LogP contribution in [0.15, 0.2) is 30.3 Å². The third-order valence-electron chi connectivity index (χ3n) is 1.61. The van der Waals surface area contributed by atoms with Crippen molar-refractivity contribution in [3.8, 4) is 0 Å². The maximum absolute atomic E-state index is 10.6. The van der Waals surface area contributed by atoms with E-state index in [1.165, 1.54) is 12.1 Å². The van der Waals surface area contributed by atoms with Gasteiger partial charge in [0, 0.05) is 4.41 Å². The van der Waals surface area contributed by atoms with Crippen molar-refractivity contribution in [2.75, 3.05) is 0 Å². The summed E-state index contributed by atoms with van der Waals surface area (Å²) in [5.74, 6) is 0. The maximum Gasteiger partial charge on any atom is 0.410 e. The number of hydrogen-bond donors (Lipinski definition) is 1. The number of hydrazine groups is 1. The van der Waals surface area contributed by atoms with Gasteiger partial charge in [0.25, 0.3) is 0 Å². The minimum absolute atomic E-state index is 0.234. The molecule has 0 amide bonds. The SMILES string of the molecule is O=[N+]([O-])N(Cc1ccccc1)S(=O)(=O)O. The highest BCUT2D eigenvalue weighted by atomic mass is 32.2. The minimum atomic E-state index is -4.83. The summed E-state index contributed by atoms with van der Waals surface area (Å²) in [7, 11) is -4.83. The molecule has 15 heavy (non-hydrogen) atoms. The Kier molecular flexibility index (Phi) is 3.22. The molecule has 0 unspecified atom stereocenters. The van der Waals surface area contributed by atoms with Crippen molar-refractivity contribution in [2.45, 2.75) is 6.54 Å². The van der Waals surface area contributed by atoms with E-state index >= 15 is 0 Å². The summed E-state index contributed by atoms with van der Waals surface area (Å²) < 4.78 is 29.6. The molecule has 0 saturated carbocycles. The van der Waals surface area contributed by atoms with Gasteiger partial charge in [-0.25, -0.2) is 10.1 Å². The molecule has 0 aliphatic rings. The molecule has 1 rings (SSSR count). The van der Waals surface area contributed by atoms with Crippen LogP contribution in [0.2, 0.25) is 0 Å². The second-order valence-corrected chi connectivity index (χ2v) is 4.00. The van der Waals surface area contributed by atoms with Gasteiger partial charge in [-0.1, -0.05) is 30.3 Å². The summed E-state index contributed by atoms with van der Waals surface area (Å²) in [6, 6.07) is 7.94. The Balaban J connectivity index is 2.92. The molecule has 1 N–H and O–H groups in total. The number of hydrogen-bond acceptors (Lipinski definition) is 4. The lowest BCUT2D eigenvalue weighted by Crippen LogP contribution is -2.35. The topological polar surface area (TPSA) is 101 Å². The third-order valence-corrected chi connectivity index (χ3v) is 2.40. The van der Waals surface area contributed by atoms with Crippen LogP contribution in [-0.4, -0.2) is 22.4 Å². The van der Waals surface area contributed by atoms with E-state index in [1.54, 1.807) is 18.2 Å². The van der Waals surface area contributed by atoms with E-state index in [0.29, 0.717) is 5.56 Å². The van der Waals surface area contributed by atoms with Crippen LogP contribution >= 0.6 is 0 Å². The zero-order valence-electron chi connectivity index (χ0n) is 7.48. The van der Waals surface area contributed by atoms with Crippen molar-refractivity contribution in [1.29, 1.82) is 0 Å². The highest BCUT2D eigenvalue weighted by Gasteiger charge is 2.28. The van der Waals surface area contributed by atoms with Crippen LogP contribution in [0, 0.1) is 10.1 Å². The Bertz CT molecular complexity index is 444. The number of rotatable bonds is 4. The van der Waals surface area contributed by atoms with Crippen LogP contribution in [0.5, 0.6) is 0 Å². The van der Waals surface area contributed by atoms with Gasteiger partial charge in [0.05, 0.1) is 0 Å². The lowest BCUT2D eigenvalue weighted by Gasteiger charge is -2.09. The molecule has 0 spiro atoms. The molecule has 0 saturated heterocycles. The first-order chi connectivity index (χ1) is 6.91. The van der Waals surface area contributed by atoms with Gasteiger partial charge in [-0.3, -0.25) is 4.55 Å². The fourth-order valence-corrected chi connectivity index (χ4v) is 1.44. The first-order valence-electron chi connectivity index (χ1n) is 3.84. The van der Waals surface area contributed by atoms with Crippen molar-refractivity contribution in [1.82, 2.24) is 4.41 Å². The average Bonchev–Trinajstić information content (AvgIpc) is 2.13. The molecule has 1 aromatic carbocycles. The summed E-state index contributed by atoms with van der Waals surface area (Å²) in [5, 5.41) is 9.16. The van der Waals surface area contributed by atoms with Gasteiger partial charge in [-0.05, 0) is 5.56 Å². The van der Waals surface area contributed by atoms with Gasteiger partial charge in [-0.2, -0.15) is 8.42 Å². The molecule has 0 bridgehead atoms. The van der Waals surface area contributed by atoms with Crippen LogP contribution in [0.3, 0.4) is 0 Å². The number of nitro groups is 1. The second-order valence-electron chi connectivity index (χ2n) is 2.68. The molecule has 7 nitrogen and oxygen atoms in total. The minimum Gasteiger partial charge on any atom is -0.265 e. The van der Waals surface area contributed by atoms with Gasteiger partial charge in [0.15, 0.2) is 5.03 Å². The summed E-state index contributed by atoms with van der Waals surface area (Å²) in [4.78, 5) is 10.3. The predicted octanol–water partition coefficient (Wildman–Crippen LogP) is 0.483. The smallest absolute Gasteiger partial charge is 0.265 e. The molecule has 1 aromatic rings. The predicted molar refractivity (Wildman–Crippen MR) is 50.5 cm³/mol. The zero-order chi connectivity index (χ0) is 11.5. The van der Waals surface area contributed by atoms with Crippen molar-refractivity contribution < 1.29 is 18.0 Å². The van der Waals surface area contributed by atoms with E-state index in [0.717, 1.165) is 0 Å². The Morgan fingerprint density at radius 2 is 1.87 bits per heavy atom. The Hall–Kier alpha value is -1.67. The van der Waals surface area contributed by atoms with Gasteiger partial charge in [0.2, 0.25) is 0 Å². The molecule has 0 heterocycles. The molecule has 0 aliphatic heterocycles. The molecule has 8 heteroatoms. The normalized spacial score (nSPS) is 11.0. The van der Waals surface area contributed by atoms with E-state index in [4.69, 9.17) is 4.55 Å². The molecular weight excluding hydrogens is 224 g/mol. The molecule has 0 aromatic heterocycles. The van der Waals surface area contributed by atoms with Gasteiger partial charge < -0.3 is 0 Å². The second kappa shape index (κ2) is 4.24. The van der Waals surface area contributed by atoms with E-state index in [-0.39, 0.29) is 4.41 Å². The molecular formula is C7H8N2O5S. The fraction of sp³-hybridized carbons (Fsp3) is 0.143. The standard InChI is InChI=1S/C7H8N2O5S/c10-9(11)8(15(12,13)14)6-7-4-2-1-3-5-7/h1-5H,6H2,(H,12,13,14). The maximum atomic E-state index is 10.6. The molecule has 0 aliphatic carbocycles. The Labute approximate surface area is 85.9 Å². The molecule has 82 valence electrons. The quantitative estimate of drug-likeness (QED) is 0.462. The first-order valence-corrected chi connectivity index (χ1v) is 5.24. The van der Waals surface area contributed by atoms with Crippen LogP contribution in [-0.2, 0) is 16.8 Å². The van der Waals surface area contributed by atoms with Crippen LogP contribution in [0.1, 0.15) is 5.56 Å². The van der Waals surface area contributed by atoms with Crippen molar-refractivity contribution >= 4 is 10.3 Å². The Morgan fingerprint density at radius 1 is 1.33 bits per heavy atom. The van der Waals surface area contributed by atoms with E-state index in [2.05, 4.69) is 0 Å². The molecule has 0 atom stereocenters. The van der Waals surface area contributed by atoms with E-state index in [1.807, 2.05) is 0 Å². The largest absolute Gasteiger partial charge is 0.410 e. The highest BCUT2D eigenvalue weighted by molar-refractivity contribution is 7.83. The molecule has 0 fully saturated rings. The van der Waals surface area contributed by atoms with Gasteiger partial charge in [0.1, 0.15) is 6.54 Å². The summed E-state index contributed by atoms with van der Waals surface area (Å²) in [6.45, 7) is -0.507. The molecule has 0 radical (unpaired) electrons. The van der Waals surface area contributed by atoms with E-state index in [9.17, 15) is 18.5 Å². The monoisotopic (exact) mass is 232 g/mol. The summed E-state index contributed by atoms with van der Waals surface area (Å²) >= 11 is 0. The van der Waals surface area contributed by atoms with Crippen molar-refractivity contribution in [3.63, 3.8) is 0 Å². The van der Waals surface area contributed by atoms with Crippen LogP contribution in [0.4, 0.5) is 0 Å². The van der Waals surface area contributed by atoms with Crippen molar-refractivity contribution in [3.05, 3.63) is 46.0 Å². The Morgan fingerprint density at radius 3 is 2.27 bits per heavy atom. The first kappa shape index (κ1) is 11.4. The highest BCUT2D eigenvalue weighted by Crippen LogP contribution is 2.07. The van der Waals surface area contributed by atoms with Crippen molar-refractivity contribution in [2.24, 2.45) is 0 Å².